The van der Waals surface area contributed by atoms with Gasteiger partial charge in [-0.1, -0.05) is 0 Å². The second-order valence-corrected chi connectivity index (χ2v) is 3.23. The fraction of sp³-hybridized carbons (Fsp3) is 0.500. The van der Waals surface area contributed by atoms with Gasteiger partial charge >= 0.3 is 0 Å². The Morgan fingerprint density at radius 1 is 1.69 bits per heavy atom. The van der Waals surface area contributed by atoms with E-state index in [1.54, 1.807) is 6.20 Å². The summed E-state index contributed by atoms with van der Waals surface area (Å²) in [5.74, 6) is 1.02. The average molecular weight is 177 g/mol. The van der Waals surface area contributed by atoms with Crippen LogP contribution in [-0.4, -0.2) is 30.8 Å². The normalized spacial score (nSPS) is 23.2. The number of nitrogens with zero attached hydrogens (tertiary/aromatic N) is 2. The molecule has 1 atom stereocenters. The van der Waals surface area contributed by atoms with E-state index < -0.39 is 0 Å². The van der Waals surface area contributed by atoms with Gasteiger partial charge in [0.15, 0.2) is 0 Å². The monoisotopic (exact) mass is 177 g/mol. The molecule has 1 radical (unpaired) electrons. The summed E-state index contributed by atoms with van der Waals surface area (Å²) in [6, 6.07) is 7.22. The molecule has 69 valence electrons. The van der Waals surface area contributed by atoms with Gasteiger partial charge < -0.3 is 9.64 Å². The maximum atomic E-state index is 5.36. The maximum absolute atomic E-state index is 5.36. The van der Waals surface area contributed by atoms with Crippen molar-refractivity contribution >= 4 is 5.82 Å². The fourth-order valence-corrected chi connectivity index (χ4v) is 1.55. The van der Waals surface area contributed by atoms with Crippen LogP contribution in [0.25, 0.3) is 0 Å². The van der Waals surface area contributed by atoms with Gasteiger partial charge in [-0.3, -0.25) is 0 Å². The molecule has 2 heterocycles. The summed E-state index contributed by atoms with van der Waals surface area (Å²) in [5.41, 5.74) is 0. The molecule has 1 aromatic heterocycles. The standard InChI is InChI=1S/C10H13N2O/c1-9-8-13-7-6-12(9)10-4-2-3-5-11-10/h2,4-5,9H,6-8H2,1H3/t9-/m0/s1. The quantitative estimate of drug-likeness (QED) is 0.642. The minimum atomic E-state index is 0.420. The van der Waals surface area contributed by atoms with Gasteiger partial charge in [0.25, 0.3) is 0 Å². The Morgan fingerprint density at radius 2 is 2.62 bits per heavy atom. The Balaban J connectivity index is 2.15. The summed E-state index contributed by atoms with van der Waals surface area (Å²) in [6.07, 6.45) is 1.71. The first kappa shape index (κ1) is 8.51. The molecule has 3 nitrogen and oxygen atoms in total. The Morgan fingerprint density at radius 3 is 3.31 bits per heavy atom. The van der Waals surface area contributed by atoms with Gasteiger partial charge in [0, 0.05) is 18.8 Å². The molecule has 1 aromatic rings. The first-order valence-electron chi connectivity index (χ1n) is 4.54. The Bertz CT molecular complexity index is 263. The third-order valence-corrected chi connectivity index (χ3v) is 2.26. The van der Waals surface area contributed by atoms with Crippen molar-refractivity contribution in [1.82, 2.24) is 4.98 Å². The van der Waals surface area contributed by atoms with Gasteiger partial charge in [-0.05, 0) is 19.1 Å². The van der Waals surface area contributed by atoms with Gasteiger partial charge in [-0.25, -0.2) is 4.98 Å². The second-order valence-electron chi connectivity index (χ2n) is 3.23. The predicted octanol–water partition coefficient (Wildman–Crippen LogP) is 1.11. The van der Waals surface area contributed by atoms with Gasteiger partial charge in [0.1, 0.15) is 5.82 Å². The van der Waals surface area contributed by atoms with Gasteiger partial charge in [-0.15, -0.1) is 0 Å². The number of ether oxygens (including phenoxy) is 1. The molecule has 0 N–H and O–H groups in total. The van der Waals surface area contributed by atoms with Crippen LogP contribution < -0.4 is 4.90 Å². The van der Waals surface area contributed by atoms with Crippen LogP contribution in [0.5, 0.6) is 0 Å². The van der Waals surface area contributed by atoms with Crippen molar-refractivity contribution in [3.63, 3.8) is 0 Å². The lowest BCUT2D eigenvalue weighted by atomic mass is 10.2. The summed E-state index contributed by atoms with van der Waals surface area (Å²) < 4.78 is 5.36. The van der Waals surface area contributed by atoms with E-state index in [1.807, 2.05) is 12.1 Å². The molecular weight excluding hydrogens is 164 g/mol. The molecular formula is C10H13N2O. The van der Waals surface area contributed by atoms with E-state index in [1.165, 1.54) is 0 Å². The van der Waals surface area contributed by atoms with E-state index >= 15 is 0 Å². The van der Waals surface area contributed by atoms with Crippen LogP contribution in [0.3, 0.4) is 0 Å². The summed E-state index contributed by atoms with van der Waals surface area (Å²) in [4.78, 5) is 6.53. The van der Waals surface area contributed by atoms with Crippen LogP contribution in [0.2, 0.25) is 0 Å². The molecule has 2 rings (SSSR count). The number of pyridine rings is 1. The molecule has 0 aromatic carbocycles. The van der Waals surface area contributed by atoms with Crippen molar-refractivity contribution in [2.45, 2.75) is 13.0 Å². The van der Waals surface area contributed by atoms with E-state index in [9.17, 15) is 0 Å². The topological polar surface area (TPSA) is 25.4 Å². The molecule has 13 heavy (non-hydrogen) atoms. The van der Waals surface area contributed by atoms with Crippen LogP contribution >= 0.6 is 0 Å². The van der Waals surface area contributed by atoms with Crippen molar-refractivity contribution in [3.8, 4) is 0 Å². The molecule has 0 bridgehead atoms. The third kappa shape index (κ3) is 1.80. The highest BCUT2D eigenvalue weighted by molar-refractivity contribution is 5.39. The molecule has 0 amide bonds. The van der Waals surface area contributed by atoms with Crippen molar-refractivity contribution in [2.24, 2.45) is 0 Å². The number of morpholine rings is 1. The van der Waals surface area contributed by atoms with E-state index in [-0.39, 0.29) is 0 Å². The number of hydrogen-bond acceptors (Lipinski definition) is 3. The summed E-state index contributed by atoms with van der Waals surface area (Å²) in [7, 11) is 0. The second kappa shape index (κ2) is 3.75. The Kier molecular flexibility index (Phi) is 2.45. The zero-order valence-corrected chi connectivity index (χ0v) is 7.73. The van der Waals surface area contributed by atoms with Crippen LogP contribution in [-0.2, 0) is 4.74 Å². The zero-order valence-electron chi connectivity index (χ0n) is 7.73. The summed E-state index contributed by atoms with van der Waals surface area (Å²) in [5, 5.41) is 0. The summed E-state index contributed by atoms with van der Waals surface area (Å²) in [6.45, 7) is 4.67. The van der Waals surface area contributed by atoms with Gasteiger partial charge in [-0.2, -0.15) is 0 Å². The van der Waals surface area contributed by atoms with Crippen LogP contribution in [0.4, 0.5) is 5.82 Å². The molecule has 0 unspecified atom stereocenters. The van der Waals surface area contributed by atoms with E-state index in [0.717, 1.165) is 25.6 Å². The lowest BCUT2D eigenvalue weighted by molar-refractivity contribution is 0.0985. The van der Waals surface area contributed by atoms with Crippen LogP contribution in [0, 0.1) is 6.07 Å². The fourth-order valence-electron chi connectivity index (χ4n) is 1.55. The zero-order chi connectivity index (χ0) is 9.10. The Hall–Kier alpha value is -1.09. The molecule has 3 heteroatoms. The molecule has 0 saturated carbocycles. The minimum Gasteiger partial charge on any atom is -0.377 e. The molecule has 0 aliphatic carbocycles. The molecule has 1 saturated heterocycles. The van der Waals surface area contributed by atoms with Crippen LogP contribution in [0.1, 0.15) is 6.92 Å². The number of aromatic nitrogens is 1. The minimum absolute atomic E-state index is 0.420. The van der Waals surface area contributed by atoms with E-state index in [0.29, 0.717) is 6.04 Å². The first-order valence-corrected chi connectivity index (χ1v) is 4.54. The smallest absolute Gasteiger partial charge is 0.128 e. The van der Waals surface area contributed by atoms with Crippen molar-refractivity contribution in [1.29, 1.82) is 0 Å². The molecule has 0 spiro atoms. The highest BCUT2D eigenvalue weighted by Gasteiger charge is 2.19. The predicted molar refractivity (Wildman–Crippen MR) is 50.7 cm³/mol. The maximum Gasteiger partial charge on any atom is 0.128 e. The Labute approximate surface area is 78.3 Å². The lowest BCUT2D eigenvalue weighted by Gasteiger charge is -2.34. The van der Waals surface area contributed by atoms with Crippen LogP contribution in [0.15, 0.2) is 18.3 Å². The first-order chi connectivity index (χ1) is 6.38. The lowest BCUT2D eigenvalue weighted by Crippen LogP contribution is -2.44. The number of hydrogen-bond donors (Lipinski definition) is 0. The summed E-state index contributed by atoms with van der Waals surface area (Å²) >= 11 is 0. The van der Waals surface area contributed by atoms with Crippen molar-refractivity contribution < 1.29 is 4.74 Å². The number of anilines is 1. The largest absolute Gasteiger partial charge is 0.377 e. The SMILES string of the molecule is C[C@H]1COCCN1c1cc[c]cn1. The van der Waals surface area contributed by atoms with Gasteiger partial charge in [0.2, 0.25) is 0 Å². The average Bonchev–Trinajstić information content (AvgIpc) is 2.20. The van der Waals surface area contributed by atoms with E-state index in [2.05, 4.69) is 22.9 Å². The third-order valence-electron chi connectivity index (χ3n) is 2.26. The molecule has 1 fully saturated rings. The van der Waals surface area contributed by atoms with E-state index in [4.69, 9.17) is 4.74 Å². The highest BCUT2D eigenvalue weighted by Crippen LogP contribution is 2.15. The molecule has 1 aliphatic rings. The number of rotatable bonds is 1. The molecule has 1 aliphatic heterocycles. The van der Waals surface area contributed by atoms with Gasteiger partial charge in [0.05, 0.1) is 19.3 Å². The van der Waals surface area contributed by atoms with Crippen molar-refractivity contribution in [3.05, 3.63) is 24.4 Å². The van der Waals surface area contributed by atoms with Crippen molar-refractivity contribution in [2.75, 3.05) is 24.7 Å². The highest BCUT2D eigenvalue weighted by atomic mass is 16.5.